The fourth-order valence-electron chi connectivity index (χ4n) is 4.86. The lowest BCUT2D eigenvalue weighted by molar-refractivity contribution is -0.0637. The summed E-state index contributed by atoms with van der Waals surface area (Å²) in [5.74, 6) is 0. The Kier molecular flexibility index (Phi) is 7.65. The van der Waals surface area contributed by atoms with Gasteiger partial charge in [0.05, 0.1) is 9.99 Å². The average Bonchev–Trinajstić information content (AvgIpc) is 2.30. The zero-order valence-electron chi connectivity index (χ0n) is 17.5. The molecule has 0 amide bonds. The van der Waals surface area contributed by atoms with E-state index in [1.807, 2.05) is 0 Å². The molecule has 1 fully saturated rings. The fourth-order valence-corrected chi connectivity index (χ4v) is 10.2. The van der Waals surface area contributed by atoms with Crippen LogP contribution in [0.3, 0.4) is 0 Å². The molecule has 5 unspecified atom stereocenters. The van der Waals surface area contributed by atoms with Gasteiger partial charge >= 0.3 is 0 Å². The van der Waals surface area contributed by atoms with Gasteiger partial charge in [0.15, 0.2) is 0 Å². The van der Waals surface area contributed by atoms with Crippen molar-refractivity contribution in [3.63, 3.8) is 0 Å². The number of hydrogen-bond acceptors (Lipinski definition) is 0. The highest BCUT2D eigenvalue weighted by Crippen LogP contribution is 2.69. The molecule has 0 bridgehead atoms. The molecule has 0 aromatic carbocycles. The Morgan fingerprint density at radius 1 is 0.917 bits per heavy atom. The molecular weight excluding hydrogens is 373 g/mol. The van der Waals surface area contributed by atoms with E-state index in [4.69, 9.17) is 23.2 Å². The largest absolute Gasteiger partial charge is 0.120 e. The van der Waals surface area contributed by atoms with Crippen molar-refractivity contribution in [1.29, 1.82) is 0 Å². The van der Waals surface area contributed by atoms with Crippen LogP contribution in [-0.4, -0.2) is 27.0 Å². The van der Waals surface area contributed by atoms with Crippen molar-refractivity contribution >= 4 is 40.4 Å². The third kappa shape index (κ3) is 4.83. The van der Waals surface area contributed by atoms with Crippen molar-refractivity contribution in [2.75, 3.05) is 0 Å². The molecule has 0 heterocycles. The smallest absolute Gasteiger partial charge is 0.0788 e. The first-order chi connectivity index (χ1) is 10.6. The van der Waals surface area contributed by atoms with Crippen LogP contribution in [0.5, 0.6) is 0 Å². The van der Waals surface area contributed by atoms with Crippen molar-refractivity contribution in [1.82, 2.24) is 0 Å². The van der Waals surface area contributed by atoms with Crippen LogP contribution < -0.4 is 0 Å². The van der Waals surface area contributed by atoms with Gasteiger partial charge in [-0.25, -0.2) is 0 Å². The van der Waals surface area contributed by atoms with Crippen molar-refractivity contribution in [2.45, 2.75) is 109 Å². The number of alkyl halides is 2. The number of rotatable bonds is 4. The third-order valence-corrected chi connectivity index (χ3v) is 10.9. The monoisotopic (exact) mass is 412 g/mol. The molecule has 1 rings (SSSR count). The molecule has 1 aliphatic carbocycles. The van der Waals surface area contributed by atoms with Gasteiger partial charge in [0.2, 0.25) is 0 Å². The van der Waals surface area contributed by atoms with Gasteiger partial charge in [0.25, 0.3) is 0 Å². The van der Waals surface area contributed by atoms with Gasteiger partial charge in [-0.05, 0) is 46.1 Å². The zero-order chi connectivity index (χ0) is 19.1. The van der Waals surface area contributed by atoms with E-state index in [1.54, 1.807) is 0 Å². The third-order valence-electron chi connectivity index (χ3n) is 5.87. The van der Waals surface area contributed by atoms with Gasteiger partial charge in [-0.1, -0.05) is 77.8 Å². The van der Waals surface area contributed by atoms with Gasteiger partial charge in [-0.3, -0.25) is 0 Å². The molecule has 5 atom stereocenters. The zero-order valence-corrected chi connectivity index (χ0v) is 21.0. The summed E-state index contributed by atoms with van der Waals surface area (Å²) >= 11 is 14.5. The molecule has 0 aromatic heterocycles. The highest BCUT2D eigenvalue weighted by molar-refractivity contribution is 7.44. The van der Waals surface area contributed by atoms with E-state index in [1.165, 1.54) is 6.42 Å². The Morgan fingerprint density at radius 3 is 1.71 bits per heavy atom. The van der Waals surface area contributed by atoms with Gasteiger partial charge in [0, 0.05) is 0 Å². The normalized spacial score (nSPS) is 32.8. The number of hydrogen-bond donors (Lipinski definition) is 0. The molecule has 0 spiro atoms. The molecule has 1 saturated carbocycles. The van der Waals surface area contributed by atoms with Crippen LogP contribution in [0, 0.1) is 16.2 Å². The lowest BCUT2D eigenvalue weighted by Gasteiger charge is -2.62. The summed E-state index contributed by atoms with van der Waals surface area (Å²) in [5.41, 5.74) is 2.45. The highest BCUT2D eigenvalue weighted by atomic mass is 35.5. The molecule has 0 N–H and O–H groups in total. The molecule has 1 aliphatic rings. The van der Waals surface area contributed by atoms with Gasteiger partial charge in [-0.15, -0.1) is 31.8 Å². The maximum absolute atomic E-state index is 7.38. The fraction of sp³-hybridized carbons (Fsp3) is 1.00. The van der Waals surface area contributed by atoms with Gasteiger partial charge < -0.3 is 0 Å². The van der Waals surface area contributed by atoms with Crippen molar-refractivity contribution in [2.24, 2.45) is 16.2 Å². The Morgan fingerprint density at radius 2 is 1.38 bits per heavy atom. The van der Waals surface area contributed by atoms with Crippen LogP contribution >= 0.6 is 40.4 Å². The quantitative estimate of drug-likeness (QED) is 0.324. The highest BCUT2D eigenvalue weighted by Gasteiger charge is 2.61. The minimum atomic E-state index is -0.263. The summed E-state index contributed by atoms with van der Waals surface area (Å²) in [4.78, 5) is 0. The van der Waals surface area contributed by atoms with Crippen LogP contribution in [0.2, 0.25) is 0 Å². The van der Waals surface area contributed by atoms with Crippen molar-refractivity contribution in [3.8, 4) is 0 Å². The standard InChI is InChI=1S/C20H40Cl2P2/c1-13(2)23-15-11-19(17(5,6)7,18(8,9)10)12-20(22,16(15)21)24-14(3)4/h13-16,23-24H,11-12H2,1-10H3. The summed E-state index contributed by atoms with van der Waals surface area (Å²) in [7, 11) is 1.61. The van der Waals surface area contributed by atoms with Crippen LogP contribution in [-0.2, 0) is 0 Å². The lowest BCUT2D eigenvalue weighted by atomic mass is 9.48. The second-order valence-corrected chi connectivity index (χ2v) is 16.5. The molecule has 0 radical (unpaired) electrons. The molecule has 144 valence electrons. The second-order valence-electron chi connectivity index (χ2n) is 10.5. The van der Waals surface area contributed by atoms with Gasteiger partial charge in [0.1, 0.15) is 0 Å². The van der Waals surface area contributed by atoms with Gasteiger partial charge in [-0.2, -0.15) is 0 Å². The van der Waals surface area contributed by atoms with E-state index in [0.29, 0.717) is 25.6 Å². The Bertz CT molecular complexity index is 406. The summed E-state index contributed by atoms with van der Waals surface area (Å²) < 4.78 is -0.263. The maximum atomic E-state index is 7.38. The second kappa shape index (κ2) is 7.82. The Hall–Kier alpha value is 1.44. The molecule has 4 heteroatoms. The van der Waals surface area contributed by atoms with Crippen molar-refractivity contribution in [3.05, 3.63) is 0 Å². The number of halogens is 2. The topological polar surface area (TPSA) is 0 Å². The van der Waals surface area contributed by atoms with Crippen LogP contribution in [0.4, 0.5) is 0 Å². The predicted octanol–water partition coefficient (Wildman–Crippen LogP) is 7.94. The minimum Gasteiger partial charge on any atom is -0.120 e. The molecule has 0 nitrogen and oxygen atoms in total. The molecular formula is C20H40Cl2P2. The Labute approximate surface area is 165 Å². The van der Waals surface area contributed by atoms with E-state index < -0.39 is 0 Å². The van der Waals surface area contributed by atoms with Crippen LogP contribution in [0.15, 0.2) is 0 Å². The van der Waals surface area contributed by atoms with E-state index in [0.717, 1.165) is 15.0 Å². The first-order valence-corrected chi connectivity index (χ1v) is 12.5. The van der Waals surface area contributed by atoms with E-state index in [-0.39, 0.29) is 26.2 Å². The summed E-state index contributed by atoms with van der Waals surface area (Å²) in [6.07, 6.45) is 2.25. The molecule has 0 saturated heterocycles. The van der Waals surface area contributed by atoms with Crippen LogP contribution in [0.1, 0.15) is 82.1 Å². The van der Waals surface area contributed by atoms with Crippen LogP contribution in [0.25, 0.3) is 0 Å². The lowest BCUT2D eigenvalue weighted by Crippen LogP contribution is -2.58. The minimum absolute atomic E-state index is 0.0958. The maximum Gasteiger partial charge on any atom is 0.0788 e. The first kappa shape index (κ1) is 23.5. The molecule has 24 heavy (non-hydrogen) atoms. The summed E-state index contributed by atoms with van der Waals surface area (Å²) in [6, 6.07) is 0. The van der Waals surface area contributed by atoms with E-state index in [2.05, 4.69) is 69.2 Å². The van der Waals surface area contributed by atoms with E-state index in [9.17, 15) is 0 Å². The Balaban J connectivity index is 3.45. The molecule has 0 aliphatic heterocycles. The van der Waals surface area contributed by atoms with Crippen molar-refractivity contribution < 1.29 is 0 Å². The average molecular weight is 413 g/mol. The predicted molar refractivity (Wildman–Crippen MR) is 119 cm³/mol. The SMILES string of the molecule is CC(C)PC1CC(C(C)(C)C)(C(C)(C)C)CC(Cl)(PC(C)C)C1Cl. The summed E-state index contributed by atoms with van der Waals surface area (Å²) in [6.45, 7) is 23.7. The van der Waals surface area contributed by atoms with E-state index >= 15 is 0 Å². The summed E-state index contributed by atoms with van der Waals surface area (Å²) in [5, 5.41) is 0.0958. The molecule has 0 aromatic rings. The first-order valence-electron chi connectivity index (χ1n) is 9.42.